The number of carbonyl (C=O) groups excluding carboxylic acids is 1. The number of anilines is 1. The SMILES string of the molecule is C=C(C)[C@@H](Nc1nc(SCC)nc2c(F)c(Cl)nc(Br)c12)[C@H](CC)N(C(=O)OO)C1CC1. The van der Waals surface area contributed by atoms with Crippen LogP contribution in [0.15, 0.2) is 21.9 Å². The monoisotopic (exact) mass is 547 g/mol. The highest BCUT2D eigenvalue weighted by molar-refractivity contribution is 9.10. The number of hydrogen-bond donors (Lipinski definition) is 2. The summed E-state index contributed by atoms with van der Waals surface area (Å²) < 4.78 is 15.1. The second kappa shape index (κ2) is 10.5. The number of rotatable bonds is 9. The molecule has 174 valence electrons. The van der Waals surface area contributed by atoms with Crippen LogP contribution in [0.3, 0.4) is 0 Å². The van der Waals surface area contributed by atoms with Crippen molar-refractivity contribution in [3.8, 4) is 0 Å². The van der Waals surface area contributed by atoms with Crippen LogP contribution >= 0.6 is 39.3 Å². The van der Waals surface area contributed by atoms with Gasteiger partial charge >= 0.3 is 6.09 Å². The van der Waals surface area contributed by atoms with E-state index in [2.05, 4.69) is 47.7 Å². The number of pyridine rings is 1. The van der Waals surface area contributed by atoms with Gasteiger partial charge in [0.25, 0.3) is 0 Å². The second-order valence-corrected chi connectivity index (χ2v) is 9.80. The minimum absolute atomic E-state index is 0.0266. The summed E-state index contributed by atoms with van der Waals surface area (Å²) in [6.45, 7) is 9.78. The predicted octanol–water partition coefficient (Wildman–Crippen LogP) is 5.90. The van der Waals surface area contributed by atoms with E-state index in [0.717, 1.165) is 18.4 Å². The van der Waals surface area contributed by atoms with Gasteiger partial charge in [0.1, 0.15) is 15.9 Å². The van der Waals surface area contributed by atoms with Crippen LogP contribution < -0.4 is 5.32 Å². The molecule has 2 aromatic rings. The first kappa shape index (κ1) is 24.9. The maximum atomic E-state index is 14.8. The van der Waals surface area contributed by atoms with Gasteiger partial charge in [0.2, 0.25) is 0 Å². The van der Waals surface area contributed by atoms with Gasteiger partial charge in [0.15, 0.2) is 16.1 Å². The van der Waals surface area contributed by atoms with E-state index in [1.807, 2.05) is 20.8 Å². The normalized spacial score (nSPS) is 15.3. The number of aromatic nitrogens is 3. The Labute approximate surface area is 203 Å². The average Bonchev–Trinajstić information content (AvgIpc) is 3.58. The minimum Gasteiger partial charge on any atom is -0.361 e. The third-order valence-corrected chi connectivity index (χ3v) is 6.72. The van der Waals surface area contributed by atoms with Crippen molar-refractivity contribution in [1.29, 1.82) is 0 Å². The van der Waals surface area contributed by atoms with Crippen molar-refractivity contribution >= 4 is 62.1 Å². The largest absolute Gasteiger partial charge is 0.441 e. The van der Waals surface area contributed by atoms with Gasteiger partial charge in [0.05, 0.1) is 17.5 Å². The molecule has 0 radical (unpaired) electrons. The fourth-order valence-electron chi connectivity index (χ4n) is 3.62. The van der Waals surface area contributed by atoms with Crippen molar-refractivity contribution < 1.29 is 19.3 Å². The number of nitrogens with zero attached hydrogens (tertiary/aromatic N) is 4. The van der Waals surface area contributed by atoms with Gasteiger partial charge in [-0.3, -0.25) is 9.79 Å². The van der Waals surface area contributed by atoms with Gasteiger partial charge in [-0.1, -0.05) is 49.4 Å². The zero-order valence-corrected chi connectivity index (χ0v) is 21.0. The zero-order chi connectivity index (χ0) is 23.6. The Hall–Kier alpha value is -1.69. The van der Waals surface area contributed by atoms with E-state index in [-0.39, 0.29) is 21.3 Å². The van der Waals surface area contributed by atoms with Crippen LogP contribution in [-0.4, -0.2) is 55.1 Å². The van der Waals surface area contributed by atoms with Crippen LogP contribution in [0.1, 0.15) is 40.0 Å². The standard InChI is InChI=1S/C20H24BrClFN5O3S/c1-5-11(28(10-7-8-10)20(29)31-30)14(9(3)4)24-18-12-15(25-19(27-18)32-6-2)13(23)17(22)26-16(12)21/h10-11,14,30H,3,5-8H2,1-2,4H3,(H,24,25,27)/t11-,14+/m0/s1. The predicted molar refractivity (Wildman–Crippen MR) is 127 cm³/mol. The van der Waals surface area contributed by atoms with E-state index in [1.54, 1.807) is 0 Å². The Morgan fingerprint density at radius 2 is 2.12 bits per heavy atom. The molecule has 1 saturated carbocycles. The van der Waals surface area contributed by atoms with Crippen LogP contribution in [0.2, 0.25) is 5.15 Å². The molecule has 1 aliphatic rings. The summed E-state index contributed by atoms with van der Waals surface area (Å²) in [5.41, 5.74) is 0.760. The molecule has 2 atom stereocenters. The molecule has 0 unspecified atom stereocenters. The molecular formula is C20H24BrClFN5O3S. The van der Waals surface area contributed by atoms with Gasteiger partial charge in [-0.2, -0.15) is 5.26 Å². The number of amides is 1. The summed E-state index contributed by atoms with van der Waals surface area (Å²) in [5.74, 6) is 0.280. The summed E-state index contributed by atoms with van der Waals surface area (Å²) in [6.07, 6.45) is 1.38. The van der Waals surface area contributed by atoms with Crippen LogP contribution in [0.25, 0.3) is 10.9 Å². The molecule has 0 aromatic carbocycles. The van der Waals surface area contributed by atoms with Gasteiger partial charge in [-0.05, 0) is 47.9 Å². The molecule has 0 spiro atoms. The summed E-state index contributed by atoms with van der Waals surface area (Å²) in [4.78, 5) is 30.9. The first-order valence-electron chi connectivity index (χ1n) is 10.1. The van der Waals surface area contributed by atoms with E-state index in [1.165, 1.54) is 16.7 Å². The van der Waals surface area contributed by atoms with Crippen molar-refractivity contribution in [3.05, 3.63) is 27.7 Å². The Kier molecular flexibility index (Phi) is 8.18. The van der Waals surface area contributed by atoms with Crippen LogP contribution in [0, 0.1) is 5.82 Å². The highest BCUT2D eigenvalue weighted by Gasteiger charge is 2.41. The molecule has 1 amide bonds. The zero-order valence-electron chi connectivity index (χ0n) is 17.9. The molecule has 1 aliphatic carbocycles. The van der Waals surface area contributed by atoms with Crippen LogP contribution in [-0.2, 0) is 4.89 Å². The van der Waals surface area contributed by atoms with Crippen LogP contribution in [0.4, 0.5) is 15.0 Å². The number of thioether (sulfide) groups is 1. The highest BCUT2D eigenvalue weighted by Crippen LogP contribution is 2.36. The fourth-order valence-corrected chi connectivity index (χ4v) is 5.02. The third kappa shape index (κ3) is 5.11. The van der Waals surface area contributed by atoms with E-state index < -0.39 is 24.0 Å². The lowest BCUT2D eigenvalue weighted by Gasteiger charge is -2.36. The lowest BCUT2D eigenvalue weighted by Crippen LogP contribution is -2.51. The summed E-state index contributed by atoms with van der Waals surface area (Å²) in [6, 6.07) is -0.889. The Morgan fingerprint density at radius 3 is 2.66 bits per heavy atom. The summed E-state index contributed by atoms with van der Waals surface area (Å²) in [7, 11) is 0. The lowest BCUT2D eigenvalue weighted by molar-refractivity contribution is -0.191. The molecular weight excluding hydrogens is 525 g/mol. The van der Waals surface area contributed by atoms with Crippen molar-refractivity contribution in [2.75, 3.05) is 11.1 Å². The van der Waals surface area contributed by atoms with E-state index >= 15 is 0 Å². The van der Waals surface area contributed by atoms with Gasteiger partial charge in [-0.15, -0.1) is 0 Å². The maximum absolute atomic E-state index is 14.8. The molecule has 1 fully saturated rings. The Morgan fingerprint density at radius 1 is 1.44 bits per heavy atom. The van der Waals surface area contributed by atoms with E-state index in [4.69, 9.17) is 16.9 Å². The minimum atomic E-state index is -0.817. The van der Waals surface area contributed by atoms with Crippen molar-refractivity contribution in [3.63, 3.8) is 0 Å². The molecule has 2 aromatic heterocycles. The molecule has 2 heterocycles. The lowest BCUT2D eigenvalue weighted by atomic mass is 9.97. The molecule has 0 saturated heterocycles. The van der Waals surface area contributed by atoms with Gasteiger partial charge in [0, 0.05) is 6.04 Å². The first-order chi connectivity index (χ1) is 15.2. The quantitative estimate of drug-likeness (QED) is 0.0997. The number of hydrogen-bond acceptors (Lipinski definition) is 8. The van der Waals surface area contributed by atoms with Crippen LogP contribution in [0.5, 0.6) is 0 Å². The number of halogens is 3. The smallest absolute Gasteiger partial charge is 0.361 e. The molecule has 0 aliphatic heterocycles. The highest BCUT2D eigenvalue weighted by atomic mass is 79.9. The Balaban J connectivity index is 2.12. The molecule has 0 bridgehead atoms. The summed E-state index contributed by atoms with van der Waals surface area (Å²) >= 11 is 10.6. The van der Waals surface area contributed by atoms with Crippen molar-refractivity contribution in [1.82, 2.24) is 19.9 Å². The Bertz CT molecular complexity index is 1040. The van der Waals surface area contributed by atoms with Gasteiger partial charge < -0.3 is 5.32 Å². The van der Waals surface area contributed by atoms with E-state index in [0.29, 0.717) is 28.5 Å². The van der Waals surface area contributed by atoms with Crippen molar-refractivity contribution in [2.45, 2.75) is 63.3 Å². The molecule has 32 heavy (non-hydrogen) atoms. The number of nitrogens with one attached hydrogen (secondary N) is 1. The molecule has 12 heteroatoms. The first-order valence-corrected chi connectivity index (χ1v) is 12.3. The van der Waals surface area contributed by atoms with Crippen molar-refractivity contribution in [2.24, 2.45) is 0 Å². The molecule has 8 nitrogen and oxygen atoms in total. The van der Waals surface area contributed by atoms with Gasteiger partial charge in [-0.25, -0.2) is 24.1 Å². The number of fused-ring (bicyclic) bond motifs is 1. The topological polar surface area (TPSA) is 100 Å². The summed E-state index contributed by atoms with van der Waals surface area (Å²) in [5, 5.41) is 12.8. The average molecular weight is 549 g/mol. The molecule has 3 rings (SSSR count). The number of carbonyl (C=O) groups is 1. The molecule has 2 N–H and O–H groups in total. The maximum Gasteiger partial charge on any atom is 0.441 e. The van der Waals surface area contributed by atoms with E-state index in [9.17, 15) is 9.18 Å². The second-order valence-electron chi connectivity index (χ2n) is 7.46. The third-order valence-electron chi connectivity index (χ3n) is 5.17. The fraction of sp³-hybridized carbons (Fsp3) is 0.500.